The Morgan fingerprint density at radius 1 is 0.643 bits per heavy atom. The van der Waals surface area contributed by atoms with Crippen molar-refractivity contribution in [2.24, 2.45) is 0 Å². The van der Waals surface area contributed by atoms with Gasteiger partial charge in [-0.15, -0.1) is 7.92 Å². The van der Waals surface area contributed by atoms with Crippen LogP contribution in [0.4, 0.5) is 0 Å². The molecule has 0 N–H and O–H groups in total. The van der Waals surface area contributed by atoms with Gasteiger partial charge in [0.15, 0.2) is 0 Å². The third kappa shape index (κ3) is 11.0. The minimum absolute atomic E-state index is 0. The van der Waals surface area contributed by atoms with Crippen molar-refractivity contribution in [2.45, 2.75) is 59.3 Å². The molecular formula is C12H27NiP. The molecule has 0 bridgehead atoms. The average molecular weight is 261 g/mol. The molecule has 0 unspecified atom stereocenters. The summed E-state index contributed by atoms with van der Waals surface area (Å²) in [6, 6.07) is 0. The summed E-state index contributed by atoms with van der Waals surface area (Å²) >= 11 is 0. The van der Waals surface area contributed by atoms with Crippen molar-refractivity contribution in [2.75, 3.05) is 18.5 Å². The van der Waals surface area contributed by atoms with E-state index < -0.39 is 0 Å². The molecule has 0 radical (unpaired) electrons. The smallest absolute Gasteiger partial charge is 0 e. The number of rotatable bonds is 9. The first-order chi connectivity index (χ1) is 6.35. The summed E-state index contributed by atoms with van der Waals surface area (Å²) < 4.78 is 0. The third-order valence-corrected chi connectivity index (χ3v) is 5.33. The van der Waals surface area contributed by atoms with Crippen molar-refractivity contribution in [1.29, 1.82) is 0 Å². The minimum atomic E-state index is 0. The van der Waals surface area contributed by atoms with Crippen LogP contribution in [0.15, 0.2) is 0 Å². The Hall–Kier alpha value is 0.924. The van der Waals surface area contributed by atoms with Gasteiger partial charge in [0.25, 0.3) is 0 Å². The van der Waals surface area contributed by atoms with Gasteiger partial charge in [-0.25, -0.2) is 0 Å². The van der Waals surface area contributed by atoms with Gasteiger partial charge in [-0.2, -0.15) is 0 Å². The zero-order valence-electron chi connectivity index (χ0n) is 10.1. The van der Waals surface area contributed by atoms with Crippen LogP contribution in [0.25, 0.3) is 0 Å². The van der Waals surface area contributed by atoms with Gasteiger partial charge in [0, 0.05) is 16.5 Å². The van der Waals surface area contributed by atoms with E-state index in [4.69, 9.17) is 0 Å². The molecule has 0 aliphatic heterocycles. The summed E-state index contributed by atoms with van der Waals surface area (Å²) in [6.07, 6.45) is 13.2. The van der Waals surface area contributed by atoms with E-state index in [1.54, 1.807) is 18.5 Å². The van der Waals surface area contributed by atoms with Crippen molar-refractivity contribution < 1.29 is 16.5 Å². The molecule has 0 saturated heterocycles. The number of unbranched alkanes of at least 4 members (excludes halogenated alkanes) is 3. The predicted octanol–water partition coefficient (Wildman–Crippen LogP) is 4.87. The maximum absolute atomic E-state index is 2.31. The second kappa shape index (κ2) is 13.9. The average Bonchev–Trinajstić information content (AvgIpc) is 2.17. The van der Waals surface area contributed by atoms with Crippen LogP contribution in [0, 0.1) is 0 Å². The zero-order valence-corrected chi connectivity index (χ0v) is 12.0. The third-order valence-electron chi connectivity index (χ3n) is 2.48. The molecule has 0 fully saturated rings. The summed E-state index contributed by atoms with van der Waals surface area (Å²) in [5.74, 6) is 0. The van der Waals surface area contributed by atoms with Gasteiger partial charge in [-0.05, 0) is 37.7 Å². The van der Waals surface area contributed by atoms with Crippen molar-refractivity contribution >= 4 is 7.92 Å². The molecule has 14 heavy (non-hydrogen) atoms. The summed E-state index contributed by atoms with van der Waals surface area (Å²) in [5.41, 5.74) is 0. The van der Waals surface area contributed by atoms with Gasteiger partial charge >= 0.3 is 0 Å². The molecule has 0 spiro atoms. The van der Waals surface area contributed by atoms with E-state index in [9.17, 15) is 0 Å². The predicted molar refractivity (Wildman–Crippen MR) is 66.2 cm³/mol. The quantitative estimate of drug-likeness (QED) is 0.410. The first-order valence-electron chi connectivity index (χ1n) is 6.07. The number of hydrogen-bond donors (Lipinski definition) is 0. The van der Waals surface area contributed by atoms with E-state index in [2.05, 4.69) is 20.8 Å². The molecule has 0 aliphatic rings. The van der Waals surface area contributed by atoms with Gasteiger partial charge in [-0.1, -0.05) is 40.0 Å². The minimum Gasteiger partial charge on any atom is -0.107 e. The molecule has 0 aliphatic carbocycles. The van der Waals surface area contributed by atoms with E-state index in [1.807, 2.05) is 0 Å². The van der Waals surface area contributed by atoms with E-state index >= 15 is 0 Å². The maximum Gasteiger partial charge on any atom is 0 e. The molecule has 0 rings (SSSR count). The molecule has 0 heterocycles. The monoisotopic (exact) mass is 260 g/mol. The topological polar surface area (TPSA) is 0 Å². The van der Waals surface area contributed by atoms with E-state index in [0.29, 0.717) is 7.92 Å². The molecule has 0 nitrogen and oxygen atoms in total. The van der Waals surface area contributed by atoms with Crippen LogP contribution in [0.3, 0.4) is 0 Å². The largest absolute Gasteiger partial charge is 0.107 e. The fourth-order valence-electron chi connectivity index (χ4n) is 1.48. The molecule has 0 aromatic rings. The molecule has 0 saturated carbocycles. The summed E-state index contributed by atoms with van der Waals surface area (Å²) in [5, 5.41) is 0. The fourth-order valence-corrected chi connectivity index (χ4v) is 4.44. The molecule has 0 aromatic heterocycles. The second-order valence-corrected chi connectivity index (χ2v) is 6.59. The SMILES string of the molecule is CCCCP(CCCC)CCCC.[Ni]. The summed E-state index contributed by atoms with van der Waals surface area (Å²) in [6.45, 7) is 6.94. The van der Waals surface area contributed by atoms with Crippen LogP contribution in [-0.2, 0) is 16.5 Å². The van der Waals surface area contributed by atoms with Gasteiger partial charge in [0.05, 0.1) is 0 Å². The van der Waals surface area contributed by atoms with Crippen LogP contribution in [0.5, 0.6) is 0 Å². The van der Waals surface area contributed by atoms with E-state index in [0.717, 1.165) is 0 Å². The second-order valence-electron chi connectivity index (χ2n) is 3.90. The Morgan fingerprint density at radius 2 is 0.929 bits per heavy atom. The zero-order chi connectivity index (χ0) is 9.94. The van der Waals surface area contributed by atoms with Crippen molar-refractivity contribution in [3.63, 3.8) is 0 Å². The summed E-state index contributed by atoms with van der Waals surface area (Å²) in [4.78, 5) is 0. The molecule has 2 heteroatoms. The van der Waals surface area contributed by atoms with Crippen LogP contribution < -0.4 is 0 Å². The van der Waals surface area contributed by atoms with Gasteiger partial charge < -0.3 is 0 Å². The first kappa shape index (κ1) is 17.3. The first-order valence-corrected chi connectivity index (χ1v) is 7.97. The normalized spacial score (nSPS) is 10.3. The summed E-state index contributed by atoms with van der Waals surface area (Å²) in [7, 11) is 0.422. The maximum atomic E-state index is 2.31. The number of hydrogen-bond acceptors (Lipinski definition) is 0. The van der Waals surface area contributed by atoms with E-state index in [-0.39, 0.29) is 16.5 Å². The molecule has 0 aromatic carbocycles. The van der Waals surface area contributed by atoms with Crippen molar-refractivity contribution in [3.05, 3.63) is 0 Å². The fraction of sp³-hybridized carbons (Fsp3) is 1.00. The van der Waals surface area contributed by atoms with E-state index in [1.165, 1.54) is 38.5 Å². The van der Waals surface area contributed by atoms with Crippen LogP contribution in [-0.4, -0.2) is 18.5 Å². The standard InChI is InChI=1S/C12H27P.Ni/c1-4-7-10-13(11-8-5-2)12-9-6-3;/h4-12H2,1-3H3;. The Morgan fingerprint density at radius 3 is 1.14 bits per heavy atom. The van der Waals surface area contributed by atoms with Crippen LogP contribution in [0.2, 0.25) is 0 Å². The Bertz CT molecular complexity index is 77.3. The van der Waals surface area contributed by atoms with Crippen molar-refractivity contribution in [3.8, 4) is 0 Å². The Balaban J connectivity index is 0. The molecule has 90 valence electrons. The van der Waals surface area contributed by atoms with Gasteiger partial charge in [-0.3, -0.25) is 0 Å². The van der Waals surface area contributed by atoms with Gasteiger partial charge in [0.1, 0.15) is 0 Å². The van der Waals surface area contributed by atoms with Crippen molar-refractivity contribution in [1.82, 2.24) is 0 Å². The molecule has 0 atom stereocenters. The molecule has 0 amide bonds. The van der Waals surface area contributed by atoms with Crippen LogP contribution in [0.1, 0.15) is 59.3 Å². The van der Waals surface area contributed by atoms with Gasteiger partial charge in [0.2, 0.25) is 0 Å². The van der Waals surface area contributed by atoms with Crippen LogP contribution >= 0.6 is 7.92 Å². The Kier molecular flexibility index (Phi) is 17.2. The molecular weight excluding hydrogens is 234 g/mol. The Labute approximate surface area is 102 Å².